The summed E-state index contributed by atoms with van der Waals surface area (Å²) >= 11 is 1.76. The highest BCUT2D eigenvalue weighted by molar-refractivity contribution is 7.99. The fourth-order valence-electron chi connectivity index (χ4n) is 5.56. The Morgan fingerprint density at radius 3 is 2.58 bits per heavy atom. The molecule has 1 N–H and O–H groups in total. The molecule has 1 fully saturated rings. The Morgan fingerprint density at radius 2 is 1.82 bits per heavy atom. The van der Waals surface area contributed by atoms with Gasteiger partial charge in [-0.1, -0.05) is 74.2 Å². The smallest absolute Gasteiger partial charge is 0.407 e. The van der Waals surface area contributed by atoms with Crippen molar-refractivity contribution in [2.24, 2.45) is 0 Å². The largest absolute Gasteiger partial charge is 0.467 e. The minimum Gasteiger partial charge on any atom is -0.467 e. The second-order valence-corrected chi connectivity index (χ2v) is 19.5. The van der Waals surface area contributed by atoms with Crippen molar-refractivity contribution in [1.29, 1.82) is 0 Å². The van der Waals surface area contributed by atoms with E-state index in [0.717, 1.165) is 45.3 Å². The predicted octanol–water partition coefficient (Wildman–Crippen LogP) is 8.31. The summed E-state index contributed by atoms with van der Waals surface area (Å²) in [6.07, 6.45) is 2.32. The molecule has 1 aliphatic heterocycles. The van der Waals surface area contributed by atoms with Crippen molar-refractivity contribution >= 4 is 36.7 Å². The van der Waals surface area contributed by atoms with Gasteiger partial charge in [0, 0.05) is 44.5 Å². The van der Waals surface area contributed by atoms with Crippen LogP contribution in [-0.2, 0) is 22.5 Å². The number of carboxylic acid groups (broad SMARTS) is 1. The van der Waals surface area contributed by atoms with Gasteiger partial charge in [0.25, 0.3) is 0 Å². The zero-order chi connectivity index (χ0) is 31.6. The van der Waals surface area contributed by atoms with Crippen LogP contribution in [0.4, 0.5) is 4.79 Å². The molecule has 0 bridgehead atoms. The Morgan fingerprint density at radius 1 is 1.02 bits per heavy atom. The van der Waals surface area contributed by atoms with E-state index < -0.39 is 14.2 Å². The molecular formula is C36H44N2O5SSi. The lowest BCUT2D eigenvalue weighted by atomic mass is 9.86. The van der Waals surface area contributed by atoms with Crippen LogP contribution in [0.1, 0.15) is 29.0 Å². The van der Waals surface area contributed by atoms with Crippen LogP contribution in [-0.4, -0.2) is 67.5 Å². The van der Waals surface area contributed by atoms with E-state index in [0.29, 0.717) is 32.7 Å². The molecule has 1 aliphatic rings. The summed E-state index contributed by atoms with van der Waals surface area (Å²) < 4.78 is 18.5. The number of rotatable bonds is 14. The molecule has 0 radical (unpaired) electrons. The van der Waals surface area contributed by atoms with Gasteiger partial charge in [-0.15, -0.1) is 11.8 Å². The van der Waals surface area contributed by atoms with Crippen LogP contribution in [0.25, 0.3) is 10.8 Å². The quantitative estimate of drug-likeness (QED) is 0.0640. The summed E-state index contributed by atoms with van der Waals surface area (Å²) in [6.45, 7) is 9.09. The number of nitrogens with zero attached hydrogens (tertiary/aromatic N) is 2. The first-order valence-electron chi connectivity index (χ1n) is 15.7. The number of hydrogen-bond acceptors (Lipinski definition) is 6. The Hall–Kier alpha value is -3.37. The molecule has 2 unspecified atom stereocenters. The van der Waals surface area contributed by atoms with Gasteiger partial charge in [0.15, 0.2) is 6.79 Å². The molecule has 0 saturated carbocycles. The maximum atomic E-state index is 11.9. The normalized spacial score (nSPS) is 17.0. The van der Waals surface area contributed by atoms with E-state index in [1.165, 1.54) is 16.0 Å². The van der Waals surface area contributed by atoms with Crippen LogP contribution in [0.2, 0.25) is 25.7 Å². The molecule has 3 aromatic carbocycles. The lowest BCUT2D eigenvalue weighted by molar-refractivity contribution is -0.0201. The topological polar surface area (TPSA) is 81.1 Å². The number of hydrogen-bond donors (Lipinski definition) is 1. The van der Waals surface area contributed by atoms with Gasteiger partial charge in [-0.05, 0) is 65.2 Å². The van der Waals surface area contributed by atoms with Crippen molar-refractivity contribution in [2.45, 2.75) is 62.2 Å². The Balaban J connectivity index is 1.24. The fraction of sp³-hybridized carbons (Fsp3) is 0.389. The van der Waals surface area contributed by atoms with E-state index in [4.69, 9.17) is 14.2 Å². The Labute approximate surface area is 271 Å². The van der Waals surface area contributed by atoms with Gasteiger partial charge in [0.05, 0.1) is 24.3 Å². The van der Waals surface area contributed by atoms with E-state index in [1.54, 1.807) is 11.8 Å². The zero-order valence-corrected chi connectivity index (χ0v) is 28.3. The number of amides is 1. The van der Waals surface area contributed by atoms with Crippen LogP contribution in [0.3, 0.4) is 0 Å². The number of aromatic nitrogens is 1. The zero-order valence-electron chi connectivity index (χ0n) is 26.5. The number of carbonyl (C=O) groups is 1. The Kier molecular flexibility index (Phi) is 11.6. The maximum absolute atomic E-state index is 11.9. The summed E-state index contributed by atoms with van der Waals surface area (Å²) in [5.74, 6) is 1.83. The summed E-state index contributed by atoms with van der Waals surface area (Å²) in [4.78, 5) is 17.8. The minimum atomic E-state index is -1.17. The maximum Gasteiger partial charge on any atom is 0.407 e. The van der Waals surface area contributed by atoms with Gasteiger partial charge < -0.3 is 24.2 Å². The van der Waals surface area contributed by atoms with E-state index >= 15 is 0 Å². The third kappa shape index (κ3) is 9.81. The number of aryl methyl sites for hydroxylation is 1. The molecule has 238 valence electrons. The monoisotopic (exact) mass is 644 g/mol. The summed E-state index contributed by atoms with van der Waals surface area (Å²) in [5, 5.41) is 12.9. The Bertz CT molecular complexity index is 1530. The molecular weight excluding hydrogens is 601 g/mol. The van der Waals surface area contributed by atoms with Crippen molar-refractivity contribution in [2.75, 3.05) is 32.2 Å². The van der Waals surface area contributed by atoms with Gasteiger partial charge >= 0.3 is 6.09 Å². The number of fused-ring (bicyclic) bond motifs is 1. The van der Waals surface area contributed by atoms with Crippen LogP contribution < -0.4 is 4.74 Å². The average Bonchev–Trinajstić information content (AvgIpc) is 3.04. The standard InChI is InChI=1S/C36H44N2O5SSi/c1-45(2,3)21-19-41-26-43-33-23-28(22-30-8-4-5-9-31(30)33)25-42-34-24-38(36(39)40)18-15-32(34)29-13-11-27(12-14-29)16-20-44-35-10-6-7-17-37-35/h4-14,17,22-23,32,34H,15-16,18-21,24-26H2,1-3H3,(H,39,40). The van der Waals surface area contributed by atoms with Crippen molar-refractivity contribution < 1.29 is 24.1 Å². The van der Waals surface area contributed by atoms with Crippen LogP contribution in [0.5, 0.6) is 5.75 Å². The van der Waals surface area contributed by atoms with Gasteiger partial charge in [-0.2, -0.15) is 0 Å². The SMILES string of the molecule is C[Si](C)(C)CCOCOc1cc(COC2CN(C(=O)O)CCC2c2ccc(CCSc3ccccn3)cc2)cc2ccccc12. The summed E-state index contributed by atoms with van der Waals surface area (Å²) in [6, 6.07) is 28.1. The summed E-state index contributed by atoms with van der Waals surface area (Å²) in [7, 11) is -1.17. The number of likely N-dealkylation sites (tertiary alicyclic amines) is 1. The lowest BCUT2D eigenvalue weighted by Crippen LogP contribution is -2.46. The van der Waals surface area contributed by atoms with Crippen LogP contribution in [0.15, 0.2) is 90.1 Å². The van der Waals surface area contributed by atoms with E-state index in [9.17, 15) is 9.90 Å². The molecule has 0 aliphatic carbocycles. The third-order valence-electron chi connectivity index (χ3n) is 8.16. The van der Waals surface area contributed by atoms with E-state index in [1.807, 2.05) is 42.6 Å². The highest BCUT2D eigenvalue weighted by Crippen LogP contribution is 2.33. The molecule has 1 saturated heterocycles. The molecule has 5 rings (SSSR count). The van der Waals surface area contributed by atoms with Gasteiger partial charge in [-0.3, -0.25) is 0 Å². The van der Waals surface area contributed by atoms with Crippen molar-refractivity contribution in [1.82, 2.24) is 9.88 Å². The second-order valence-electron chi connectivity index (χ2n) is 12.8. The lowest BCUT2D eigenvalue weighted by Gasteiger charge is -2.37. The molecule has 0 spiro atoms. The van der Waals surface area contributed by atoms with Gasteiger partial charge in [0.2, 0.25) is 0 Å². The first-order chi connectivity index (χ1) is 21.7. The first kappa shape index (κ1) is 33.0. The number of benzene rings is 3. The first-order valence-corrected chi connectivity index (χ1v) is 20.4. The predicted molar refractivity (Wildman–Crippen MR) is 184 cm³/mol. The fourth-order valence-corrected chi connectivity index (χ4v) is 7.17. The molecule has 1 amide bonds. The van der Waals surface area contributed by atoms with E-state index in [2.05, 4.69) is 67.1 Å². The van der Waals surface area contributed by atoms with Crippen LogP contribution in [0, 0.1) is 0 Å². The van der Waals surface area contributed by atoms with Gasteiger partial charge in [0.1, 0.15) is 5.75 Å². The molecule has 2 heterocycles. The highest BCUT2D eigenvalue weighted by atomic mass is 32.2. The molecule has 9 heteroatoms. The molecule has 1 aromatic heterocycles. The number of thioether (sulfide) groups is 1. The average molecular weight is 645 g/mol. The number of piperidine rings is 1. The van der Waals surface area contributed by atoms with E-state index in [-0.39, 0.29) is 18.8 Å². The molecule has 7 nitrogen and oxygen atoms in total. The van der Waals surface area contributed by atoms with Crippen molar-refractivity contribution in [3.05, 3.63) is 102 Å². The molecule has 45 heavy (non-hydrogen) atoms. The highest BCUT2D eigenvalue weighted by Gasteiger charge is 2.33. The molecule has 4 aromatic rings. The van der Waals surface area contributed by atoms with Crippen LogP contribution >= 0.6 is 11.8 Å². The summed E-state index contributed by atoms with van der Waals surface area (Å²) in [5.41, 5.74) is 3.44. The number of pyridine rings is 1. The molecule has 2 atom stereocenters. The van der Waals surface area contributed by atoms with Gasteiger partial charge in [-0.25, -0.2) is 9.78 Å². The number of ether oxygens (including phenoxy) is 3. The van der Waals surface area contributed by atoms with Crippen molar-refractivity contribution in [3.8, 4) is 5.75 Å². The van der Waals surface area contributed by atoms with Crippen molar-refractivity contribution in [3.63, 3.8) is 0 Å². The second kappa shape index (κ2) is 15.8. The third-order valence-corrected chi connectivity index (χ3v) is 10.8. The minimum absolute atomic E-state index is 0.105.